The molecule has 0 unspecified atom stereocenters. The van der Waals surface area contributed by atoms with E-state index in [1.54, 1.807) is 28.8 Å². The third kappa shape index (κ3) is 5.05. The predicted molar refractivity (Wildman–Crippen MR) is 127 cm³/mol. The van der Waals surface area contributed by atoms with Gasteiger partial charge >= 0.3 is 0 Å². The molecule has 4 amide bonds. The normalized spacial score (nSPS) is 16.2. The number of hydrogen-bond acceptors (Lipinski definition) is 5. The Kier molecular flexibility index (Phi) is 7.60. The van der Waals surface area contributed by atoms with Gasteiger partial charge in [0.15, 0.2) is 0 Å². The fourth-order valence-electron chi connectivity index (χ4n) is 4.25. The Labute approximate surface area is 198 Å². The maximum absolute atomic E-state index is 13.6. The zero-order valence-electron chi connectivity index (χ0n) is 19.7. The molecule has 2 atom stereocenters. The highest BCUT2D eigenvalue weighted by Gasteiger charge is 2.32. The van der Waals surface area contributed by atoms with E-state index < -0.39 is 29.7 Å². The molecule has 4 N–H and O–H groups in total. The Morgan fingerprint density at radius 3 is 2.68 bits per heavy atom. The van der Waals surface area contributed by atoms with Crippen LogP contribution in [0.2, 0.25) is 0 Å². The average molecular weight is 470 g/mol. The first-order chi connectivity index (χ1) is 16.2. The summed E-state index contributed by atoms with van der Waals surface area (Å²) in [5.41, 5.74) is 9.09. The zero-order valence-corrected chi connectivity index (χ0v) is 19.7. The SMILES string of the molecule is C=CC(=O)N(C[C@@H]1CCNC1=O)NC(=O)[C@H](CC(C)C)n1c(C(N)=O)cc2c(OC)cccc21. The smallest absolute Gasteiger partial charge is 0.265 e. The van der Waals surface area contributed by atoms with Crippen LogP contribution < -0.4 is 21.2 Å². The average Bonchev–Trinajstić information content (AvgIpc) is 3.39. The van der Waals surface area contributed by atoms with Crippen LogP contribution in [0.25, 0.3) is 10.9 Å². The first-order valence-electron chi connectivity index (χ1n) is 11.2. The van der Waals surface area contributed by atoms with E-state index in [1.165, 1.54) is 7.11 Å². The van der Waals surface area contributed by atoms with Crippen LogP contribution in [0.4, 0.5) is 0 Å². The van der Waals surface area contributed by atoms with Gasteiger partial charge in [0, 0.05) is 11.9 Å². The molecule has 1 aromatic carbocycles. The van der Waals surface area contributed by atoms with E-state index in [0.29, 0.717) is 36.0 Å². The molecule has 1 aliphatic heterocycles. The number of nitrogens with two attached hydrogens (primary N) is 1. The molecule has 0 spiro atoms. The van der Waals surface area contributed by atoms with Crippen LogP contribution in [0.5, 0.6) is 5.75 Å². The molecule has 1 aliphatic rings. The predicted octanol–water partition coefficient (Wildman–Crippen LogP) is 1.52. The van der Waals surface area contributed by atoms with Gasteiger partial charge in [0.1, 0.15) is 17.5 Å². The number of methoxy groups -OCH3 is 1. The van der Waals surface area contributed by atoms with Gasteiger partial charge < -0.3 is 20.4 Å². The van der Waals surface area contributed by atoms with E-state index in [9.17, 15) is 19.2 Å². The van der Waals surface area contributed by atoms with Crippen LogP contribution in [0.1, 0.15) is 43.2 Å². The summed E-state index contributed by atoms with van der Waals surface area (Å²) >= 11 is 0. The summed E-state index contributed by atoms with van der Waals surface area (Å²) in [6.07, 6.45) is 2.00. The summed E-state index contributed by atoms with van der Waals surface area (Å²) in [6, 6.07) is 6.04. The van der Waals surface area contributed by atoms with Crippen molar-refractivity contribution in [3.05, 3.63) is 42.6 Å². The van der Waals surface area contributed by atoms with Gasteiger partial charge in [-0.05, 0) is 43.0 Å². The van der Waals surface area contributed by atoms with Gasteiger partial charge in [0.25, 0.3) is 17.7 Å². The first kappa shape index (κ1) is 24.8. The molecular formula is C24H31N5O5. The quantitative estimate of drug-likeness (QED) is 0.378. The highest BCUT2D eigenvalue weighted by molar-refractivity contribution is 6.01. The van der Waals surface area contributed by atoms with Gasteiger partial charge in [-0.2, -0.15) is 0 Å². The fourth-order valence-corrected chi connectivity index (χ4v) is 4.25. The molecule has 1 saturated heterocycles. The Bertz CT molecular complexity index is 1120. The van der Waals surface area contributed by atoms with Gasteiger partial charge in [0.2, 0.25) is 5.91 Å². The molecule has 0 radical (unpaired) electrons. The lowest BCUT2D eigenvalue weighted by Gasteiger charge is -2.29. The zero-order chi connectivity index (χ0) is 25.0. The van der Waals surface area contributed by atoms with Crippen LogP contribution in [0.15, 0.2) is 36.9 Å². The number of ether oxygens (including phenoxy) is 1. The summed E-state index contributed by atoms with van der Waals surface area (Å²) in [5, 5.41) is 4.47. The third-order valence-electron chi connectivity index (χ3n) is 5.88. The summed E-state index contributed by atoms with van der Waals surface area (Å²) < 4.78 is 7.02. The minimum atomic E-state index is -0.857. The number of hydrogen-bond donors (Lipinski definition) is 3. The van der Waals surface area contributed by atoms with Gasteiger partial charge in [0.05, 0.1) is 25.1 Å². The highest BCUT2D eigenvalue weighted by atomic mass is 16.5. The van der Waals surface area contributed by atoms with Crippen molar-refractivity contribution < 1.29 is 23.9 Å². The van der Waals surface area contributed by atoms with Crippen molar-refractivity contribution in [1.29, 1.82) is 0 Å². The highest BCUT2D eigenvalue weighted by Crippen LogP contribution is 2.33. The molecule has 0 aliphatic carbocycles. The van der Waals surface area contributed by atoms with Crippen molar-refractivity contribution in [2.24, 2.45) is 17.6 Å². The van der Waals surface area contributed by atoms with Crippen molar-refractivity contribution in [1.82, 2.24) is 20.3 Å². The van der Waals surface area contributed by atoms with E-state index >= 15 is 0 Å². The first-order valence-corrected chi connectivity index (χ1v) is 11.2. The monoisotopic (exact) mass is 469 g/mol. The molecule has 34 heavy (non-hydrogen) atoms. The Hall–Kier alpha value is -3.82. The van der Waals surface area contributed by atoms with E-state index in [2.05, 4.69) is 17.3 Å². The van der Waals surface area contributed by atoms with E-state index in [4.69, 9.17) is 10.5 Å². The number of amides is 4. The number of primary amides is 1. The molecule has 0 saturated carbocycles. The van der Waals surface area contributed by atoms with Gasteiger partial charge in [-0.15, -0.1) is 0 Å². The van der Waals surface area contributed by atoms with Crippen molar-refractivity contribution in [2.45, 2.75) is 32.7 Å². The molecule has 10 heteroatoms. The molecule has 0 bridgehead atoms. The van der Waals surface area contributed by atoms with Crippen molar-refractivity contribution in [2.75, 3.05) is 20.2 Å². The van der Waals surface area contributed by atoms with Crippen molar-refractivity contribution in [3.63, 3.8) is 0 Å². The second kappa shape index (κ2) is 10.4. The minimum absolute atomic E-state index is 0.0136. The molecule has 182 valence electrons. The number of rotatable bonds is 9. The summed E-state index contributed by atoms with van der Waals surface area (Å²) in [4.78, 5) is 50.5. The number of nitrogens with one attached hydrogen (secondary N) is 2. The van der Waals surface area contributed by atoms with Gasteiger partial charge in [-0.1, -0.05) is 26.5 Å². The van der Waals surface area contributed by atoms with E-state index in [0.717, 1.165) is 11.1 Å². The van der Waals surface area contributed by atoms with Crippen LogP contribution in [-0.2, 0) is 14.4 Å². The lowest BCUT2D eigenvalue weighted by Crippen LogP contribution is -2.51. The molecule has 1 aromatic heterocycles. The number of hydrazine groups is 1. The molecular weight excluding hydrogens is 438 g/mol. The molecule has 1 fully saturated rings. The van der Waals surface area contributed by atoms with E-state index in [-0.39, 0.29) is 24.1 Å². The van der Waals surface area contributed by atoms with Crippen LogP contribution in [0.3, 0.4) is 0 Å². The molecule has 10 nitrogen and oxygen atoms in total. The van der Waals surface area contributed by atoms with Crippen molar-refractivity contribution in [3.8, 4) is 5.75 Å². The second-order valence-corrected chi connectivity index (χ2v) is 8.71. The lowest BCUT2D eigenvalue weighted by molar-refractivity contribution is -0.141. The topological polar surface area (TPSA) is 136 Å². The largest absolute Gasteiger partial charge is 0.496 e. The van der Waals surface area contributed by atoms with E-state index in [1.807, 2.05) is 13.8 Å². The summed E-state index contributed by atoms with van der Waals surface area (Å²) in [6.45, 7) is 7.93. The minimum Gasteiger partial charge on any atom is -0.496 e. The number of benzene rings is 1. The number of fused-ring (bicyclic) bond motifs is 1. The maximum atomic E-state index is 13.6. The summed E-state index contributed by atoms with van der Waals surface area (Å²) in [7, 11) is 1.52. The number of carbonyl (C=O) groups is 4. The summed E-state index contributed by atoms with van der Waals surface area (Å²) in [5.74, 6) is -1.74. The number of nitrogens with zero attached hydrogens (tertiary/aromatic N) is 2. The third-order valence-corrected chi connectivity index (χ3v) is 5.88. The van der Waals surface area contributed by atoms with Gasteiger partial charge in [-0.25, -0.2) is 5.01 Å². The van der Waals surface area contributed by atoms with Crippen LogP contribution in [0, 0.1) is 11.8 Å². The maximum Gasteiger partial charge on any atom is 0.265 e. The lowest BCUT2D eigenvalue weighted by atomic mass is 10.0. The molecule has 2 heterocycles. The van der Waals surface area contributed by atoms with Gasteiger partial charge in [-0.3, -0.25) is 24.6 Å². The Balaban J connectivity index is 2.03. The standard InChI is InChI=1S/C24H31N5O5/c1-5-21(30)28(13-15-9-10-26-23(15)32)27-24(33)19(11-14(2)3)29-17-7-6-8-20(34-4)16(17)12-18(29)22(25)31/h5-8,12,14-15,19H,1,9-11,13H2,2-4H3,(H2,25,31)(H,26,32)(H,27,33)/t15-,19-/m0/s1. The Morgan fingerprint density at radius 2 is 2.12 bits per heavy atom. The van der Waals surface area contributed by atoms with Crippen LogP contribution in [-0.4, -0.2) is 53.4 Å². The second-order valence-electron chi connectivity index (χ2n) is 8.71. The number of carbonyl (C=O) groups excluding carboxylic acids is 4. The van der Waals surface area contributed by atoms with Crippen LogP contribution >= 0.6 is 0 Å². The Morgan fingerprint density at radius 1 is 1.38 bits per heavy atom. The van der Waals surface area contributed by atoms with Crippen molar-refractivity contribution >= 4 is 34.5 Å². The molecule has 3 rings (SSSR count). The fraction of sp³-hybridized carbons (Fsp3) is 0.417. The molecule has 2 aromatic rings. The number of aromatic nitrogens is 1.